The van der Waals surface area contributed by atoms with Crippen molar-refractivity contribution in [3.8, 4) is 0 Å². The number of nitrogens with two attached hydrogens (primary N) is 1. The van der Waals surface area contributed by atoms with Gasteiger partial charge in [-0.2, -0.15) is 4.98 Å². The summed E-state index contributed by atoms with van der Waals surface area (Å²) in [5.74, 6) is -0.456. The number of hydrogen-bond donors (Lipinski definition) is 2. The molecule has 0 aliphatic rings. The zero-order valence-corrected chi connectivity index (χ0v) is 10.1. The number of nitro groups is 1. The topological polar surface area (TPSA) is 124 Å². The molecule has 0 radical (unpaired) electrons. The van der Waals surface area contributed by atoms with E-state index in [1.54, 1.807) is 13.0 Å². The van der Waals surface area contributed by atoms with Gasteiger partial charge in [-0.15, -0.1) is 0 Å². The number of rotatable bonds is 5. The van der Waals surface area contributed by atoms with Crippen molar-refractivity contribution in [2.45, 2.75) is 19.4 Å². The van der Waals surface area contributed by atoms with Crippen LogP contribution in [0.15, 0.2) is 22.6 Å². The number of nitrogens with one attached hydrogen (secondary N) is 1. The van der Waals surface area contributed by atoms with Crippen LogP contribution in [0.3, 0.4) is 0 Å². The van der Waals surface area contributed by atoms with Gasteiger partial charge in [0.2, 0.25) is 5.91 Å². The number of nitrogens with zero attached hydrogens (tertiary/aromatic N) is 2. The molecule has 1 aromatic heterocycles. The highest BCUT2D eigenvalue weighted by Crippen LogP contribution is 2.27. The van der Waals surface area contributed by atoms with Gasteiger partial charge in [-0.25, -0.2) is 0 Å². The number of benzene rings is 1. The van der Waals surface area contributed by atoms with Crippen molar-refractivity contribution in [2.24, 2.45) is 5.73 Å². The maximum absolute atomic E-state index is 10.8. The molecule has 1 aromatic carbocycles. The summed E-state index contributed by atoms with van der Waals surface area (Å²) < 4.78 is 5.33. The number of oxazole rings is 1. The second kappa shape index (κ2) is 4.92. The smallest absolute Gasteiger partial charge is 0.298 e. The minimum atomic E-state index is -0.526. The fraction of sp³-hybridized carbons (Fsp3) is 0.273. The highest BCUT2D eigenvalue weighted by Gasteiger charge is 2.18. The molecule has 1 unspecified atom stereocenters. The van der Waals surface area contributed by atoms with Gasteiger partial charge < -0.3 is 15.5 Å². The van der Waals surface area contributed by atoms with E-state index < -0.39 is 10.8 Å². The van der Waals surface area contributed by atoms with Crippen LogP contribution >= 0.6 is 0 Å². The van der Waals surface area contributed by atoms with Crippen molar-refractivity contribution in [1.82, 2.24) is 4.98 Å². The molecule has 19 heavy (non-hydrogen) atoms. The van der Waals surface area contributed by atoms with Crippen LogP contribution in [0.4, 0.5) is 11.7 Å². The van der Waals surface area contributed by atoms with Crippen molar-refractivity contribution in [3.05, 3.63) is 28.3 Å². The van der Waals surface area contributed by atoms with Crippen molar-refractivity contribution >= 4 is 28.7 Å². The summed E-state index contributed by atoms with van der Waals surface area (Å²) in [6, 6.07) is 4.30. The lowest BCUT2D eigenvalue weighted by atomic mass is 10.2. The van der Waals surface area contributed by atoms with E-state index >= 15 is 0 Å². The molecule has 100 valence electrons. The number of carbonyl (C=O) groups is 1. The van der Waals surface area contributed by atoms with Gasteiger partial charge in [0, 0.05) is 18.5 Å². The Labute approximate surface area is 107 Å². The van der Waals surface area contributed by atoms with E-state index in [9.17, 15) is 14.9 Å². The summed E-state index contributed by atoms with van der Waals surface area (Å²) >= 11 is 0. The monoisotopic (exact) mass is 264 g/mol. The van der Waals surface area contributed by atoms with E-state index in [2.05, 4.69) is 10.3 Å². The largest absolute Gasteiger partial charge is 0.423 e. The maximum Gasteiger partial charge on any atom is 0.298 e. The number of hydrogen-bond acceptors (Lipinski definition) is 6. The molecule has 1 atom stereocenters. The molecule has 2 aromatic rings. The van der Waals surface area contributed by atoms with Gasteiger partial charge >= 0.3 is 0 Å². The molecule has 0 fully saturated rings. The van der Waals surface area contributed by atoms with Gasteiger partial charge in [0.1, 0.15) is 0 Å². The van der Waals surface area contributed by atoms with E-state index in [1.165, 1.54) is 12.1 Å². The lowest BCUT2D eigenvalue weighted by Gasteiger charge is -2.08. The first kappa shape index (κ1) is 12.8. The Balaban J connectivity index is 2.29. The standard InChI is InChI=1S/C11H12N4O4/c1-6(5-9(12)16)13-11-14-10-7(15(17)18)3-2-4-8(10)19-11/h2-4,6H,5H2,1H3,(H2,12,16)(H,13,14). The number of fused-ring (bicyclic) bond motifs is 1. The molecular weight excluding hydrogens is 252 g/mol. The van der Waals surface area contributed by atoms with Crippen LogP contribution in [0.5, 0.6) is 0 Å². The Morgan fingerprint density at radius 3 is 3.00 bits per heavy atom. The number of amides is 1. The van der Waals surface area contributed by atoms with Crippen LogP contribution in [0.2, 0.25) is 0 Å². The van der Waals surface area contributed by atoms with E-state index in [0.717, 1.165) is 0 Å². The minimum Gasteiger partial charge on any atom is -0.423 e. The number of aromatic nitrogens is 1. The normalized spacial score (nSPS) is 12.3. The van der Waals surface area contributed by atoms with E-state index in [1.807, 2.05) is 0 Å². The summed E-state index contributed by atoms with van der Waals surface area (Å²) in [5, 5.41) is 13.7. The van der Waals surface area contributed by atoms with Crippen molar-refractivity contribution < 1.29 is 14.1 Å². The van der Waals surface area contributed by atoms with Crippen molar-refractivity contribution in [2.75, 3.05) is 5.32 Å². The summed E-state index contributed by atoms with van der Waals surface area (Å²) in [5.41, 5.74) is 5.41. The van der Waals surface area contributed by atoms with Crippen molar-refractivity contribution in [3.63, 3.8) is 0 Å². The third kappa shape index (κ3) is 2.79. The van der Waals surface area contributed by atoms with E-state index in [0.29, 0.717) is 5.58 Å². The number of primary amides is 1. The van der Waals surface area contributed by atoms with Gasteiger partial charge in [-0.1, -0.05) is 6.07 Å². The second-order valence-electron chi connectivity index (χ2n) is 4.12. The molecule has 8 nitrogen and oxygen atoms in total. The molecule has 8 heteroatoms. The minimum absolute atomic E-state index is 0.112. The fourth-order valence-corrected chi connectivity index (χ4v) is 1.71. The van der Waals surface area contributed by atoms with Crippen molar-refractivity contribution in [1.29, 1.82) is 0 Å². The molecule has 2 rings (SSSR count). The third-order valence-corrected chi connectivity index (χ3v) is 2.47. The molecular formula is C11H12N4O4. The number of nitro benzene ring substituents is 1. The second-order valence-corrected chi connectivity index (χ2v) is 4.12. The molecule has 0 aliphatic carbocycles. The lowest BCUT2D eigenvalue weighted by molar-refractivity contribution is -0.383. The Bertz CT molecular complexity index is 637. The average Bonchev–Trinajstić information content (AvgIpc) is 2.68. The van der Waals surface area contributed by atoms with Gasteiger partial charge in [0.05, 0.1) is 4.92 Å². The molecule has 0 aliphatic heterocycles. The van der Waals surface area contributed by atoms with Gasteiger partial charge in [-0.3, -0.25) is 14.9 Å². The number of anilines is 1. The first-order chi connectivity index (χ1) is 8.97. The summed E-state index contributed by atoms with van der Waals surface area (Å²) in [6.45, 7) is 1.73. The summed E-state index contributed by atoms with van der Waals surface area (Å²) in [4.78, 5) is 25.1. The SMILES string of the molecule is CC(CC(N)=O)Nc1nc2c([N+](=O)[O-])cccc2o1. The predicted molar refractivity (Wildman–Crippen MR) is 67.6 cm³/mol. The van der Waals surface area contributed by atoms with Crippen LogP contribution in [-0.4, -0.2) is 21.9 Å². The summed E-state index contributed by atoms with van der Waals surface area (Å²) in [6.07, 6.45) is 0.112. The van der Waals surface area contributed by atoms with Crippen LogP contribution in [0.1, 0.15) is 13.3 Å². The Morgan fingerprint density at radius 1 is 1.63 bits per heavy atom. The molecule has 3 N–H and O–H groups in total. The first-order valence-corrected chi connectivity index (χ1v) is 5.56. The van der Waals surface area contributed by atoms with Crippen LogP contribution < -0.4 is 11.1 Å². The Hall–Kier alpha value is -2.64. The maximum atomic E-state index is 10.8. The van der Waals surface area contributed by atoms with Gasteiger partial charge in [0.15, 0.2) is 11.1 Å². The highest BCUT2D eigenvalue weighted by atomic mass is 16.6. The molecule has 0 bridgehead atoms. The fourth-order valence-electron chi connectivity index (χ4n) is 1.71. The summed E-state index contributed by atoms with van der Waals surface area (Å²) in [7, 11) is 0. The number of carbonyl (C=O) groups excluding carboxylic acids is 1. The molecule has 0 spiro atoms. The predicted octanol–water partition coefficient (Wildman–Crippen LogP) is 1.41. The van der Waals surface area contributed by atoms with Crippen LogP contribution in [-0.2, 0) is 4.79 Å². The lowest BCUT2D eigenvalue weighted by Crippen LogP contribution is -2.24. The molecule has 1 amide bonds. The number of non-ortho nitro benzene ring substituents is 1. The quantitative estimate of drug-likeness (QED) is 0.621. The first-order valence-electron chi connectivity index (χ1n) is 5.56. The average molecular weight is 264 g/mol. The molecule has 0 saturated carbocycles. The van der Waals surface area contributed by atoms with Gasteiger partial charge in [-0.05, 0) is 13.0 Å². The number of para-hydroxylation sites is 1. The third-order valence-electron chi connectivity index (χ3n) is 2.47. The zero-order valence-electron chi connectivity index (χ0n) is 10.1. The van der Waals surface area contributed by atoms with Crippen LogP contribution in [0.25, 0.3) is 11.1 Å². The van der Waals surface area contributed by atoms with Crippen LogP contribution in [0, 0.1) is 10.1 Å². The van der Waals surface area contributed by atoms with E-state index in [-0.39, 0.29) is 29.7 Å². The Kier molecular flexibility index (Phi) is 3.32. The van der Waals surface area contributed by atoms with E-state index in [4.69, 9.17) is 10.2 Å². The molecule has 1 heterocycles. The highest BCUT2D eigenvalue weighted by molar-refractivity contribution is 5.84. The molecule has 0 saturated heterocycles. The zero-order chi connectivity index (χ0) is 14.0. The van der Waals surface area contributed by atoms with Gasteiger partial charge in [0.25, 0.3) is 11.7 Å². The Morgan fingerprint density at radius 2 is 2.37 bits per heavy atom.